The van der Waals surface area contributed by atoms with Crippen molar-refractivity contribution in [2.24, 2.45) is 23.7 Å². The van der Waals surface area contributed by atoms with Crippen molar-refractivity contribution in [1.29, 1.82) is 0 Å². The molecule has 0 bridgehead atoms. The molecule has 31 nitrogen and oxygen atoms in total. The zero-order valence-electron chi connectivity index (χ0n) is 71.2. The normalized spacial score (nSPS) is 15.5. The van der Waals surface area contributed by atoms with E-state index in [-0.39, 0.29) is 75.3 Å². The molecular weight excluding hydrogens is 1500 g/mol. The summed E-state index contributed by atoms with van der Waals surface area (Å²) in [6, 6.07) is 20.4. The number of amides is 14. The van der Waals surface area contributed by atoms with Gasteiger partial charge in [0.2, 0.25) is 76.8 Å². The third-order valence-corrected chi connectivity index (χ3v) is 21.8. The highest BCUT2D eigenvalue weighted by Gasteiger charge is 2.44. The predicted octanol–water partition coefficient (Wildman–Crippen LogP) is 4.44. The molecule has 2 aliphatic rings. The van der Waals surface area contributed by atoms with Gasteiger partial charge in [0.15, 0.2) is 0 Å². The molecule has 1 fully saturated rings. The van der Waals surface area contributed by atoms with Crippen LogP contribution in [0.4, 0.5) is 4.79 Å². The maximum atomic E-state index is 15.0. The Kier molecular flexibility index (Phi) is 35.3. The molecule has 638 valence electrons. The molecule has 0 aromatic heterocycles. The number of carboxylic acid groups (broad SMARTS) is 1. The number of carboxylic acids is 1. The molecule has 0 radical (unpaired) electrons. The van der Waals surface area contributed by atoms with E-state index >= 15 is 0 Å². The summed E-state index contributed by atoms with van der Waals surface area (Å²) in [6.45, 7) is 18.5. The first kappa shape index (κ1) is 94.6. The van der Waals surface area contributed by atoms with Gasteiger partial charge in [0.1, 0.15) is 73.1 Å². The molecule has 4 aromatic carbocycles. The Bertz CT molecular complexity index is 4130. The molecule has 1 aliphatic carbocycles. The summed E-state index contributed by atoms with van der Waals surface area (Å²) in [4.78, 5) is 219. The minimum atomic E-state index is -1.28. The van der Waals surface area contributed by atoms with Gasteiger partial charge >= 0.3 is 12.1 Å². The van der Waals surface area contributed by atoms with Gasteiger partial charge in [-0.15, -0.1) is 0 Å². The summed E-state index contributed by atoms with van der Waals surface area (Å²) in [6.07, 6.45) is 0.215. The quantitative estimate of drug-likeness (QED) is 0.0324. The molecule has 11 atom stereocenters. The first-order valence-corrected chi connectivity index (χ1v) is 40.1. The van der Waals surface area contributed by atoms with Crippen LogP contribution in [0.25, 0.3) is 11.1 Å². The van der Waals surface area contributed by atoms with E-state index in [4.69, 9.17) is 4.74 Å². The second-order valence-electron chi connectivity index (χ2n) is 32.4. The predicted molar refractivity (Wildman–Crippen MR) is 439 cm³/mol. The molecular formula is C86H122N14O17. The van der Waals surface area contributed by atoms with Crippen molar-refractivity contribution < 1.29 is 81.8 Å². The molecule has 117 heavy (non-hydrogen) atoms. The molecule has 0 saturated carbocycles. The summed E-state index contributed by atoms with van der Waals surface area (Å²) in [5, 5.41) is 25.7. The van der Waals surface area contributed by atoms with Crippen LogP contribution in [0.5, 0.6) is 0 Å². The average Bonchev–Trinajstić information content (AvgIpc) is 1.62. The molecule has 1 aliphatic heterocycles. The number of carbonyl (C=O) groups is 15. The number of hydrogen-bond donors (Lipinski definition) is 7. The summed E-state index contributed by atoms with van der Waals surface area (Å²) >= 11 is 0. The maximum Gasteiger partial charge on any atom is 0.410 e. The zero-order valence-corrected chi connectivity index (χ0v) is 71.2. The molecule has 14 amide bonds. The number of hydrogen-bond acceptors (Lipinski definition) is 16. The van der Waals surface area contributed by atoms with Gasteiger partial charge < -0.3 is 76.0 Å². The van der Waals surface area contributed by atoms with Crippen molar-refractivity contribution in [3.8, 4) is 11.1 Å². The summed E-state index contributed by atoms with van der Waals surface area (Å²) in [5.41, 5.74) is 5.46. The monoisotopic (exact) mass is 1620 g/mol. The number of likely N-dealkylation sites (N-methyl/N-ethyl adjacent to an activating group) is 7. The second-order valence-corrected chi connectivity index (χ2v) is 32.4. The summed E-state index contributed by atoms with van der Waals surface area (Å²) in [5.74, 6) is -11.1. The SMILES string of the molecule is CC(C)C[C@H](NC(=O)[C@H](C)N(C)C(=O)OCC1c2ccccc2-c2ccccc21)C(=O)N(C)CC(=O)N[C@@H](C)C(=O)N[C@@H](CC(C)C)C(=O)N(C)[C@@H](Cc1ccccc1)C(=O)N(C)[C@@H](C)C(=O)NCC(=O)N(C)[C@@H](Cc1ccccc1)C(=O)N1CCC[C@H]1C(=O)N[C@@H](C)C(=O)N(C)[C@@H](CC(C)C)C(=O)NCC(=O)N(C)[C@H](C(=O)O)C(C)C. The Morgan fingerprint density at radius 1 is 0.462 bits per heavy atom. The lowest BCUT2D eigenvalue weighted by atomic mass is 9.98. The second kappa shape index (κ2) is 43.6. The van der Waals surface area contributed by atoms with Crippen molar-refractivity contribution in [1.82, 2.24) is 71.1 Å². The molecule has 7 N–H and O–H groups in total. The van der Waals surface area contributed by atoms with Gasteiger partial charge in [0.05, 0.1) is 19.6 Å². The molecule has 1 saturated heterocycles. The molecule has 4 aromatic rings. The fourth-order valence-electron chi connectivity index (χ4n) is 14.7. The number of aliphatic carboxylic acids is 1. The number of likely N-dealkylation sites (tertiary alicyclic amines) is 1. The van der Waals surface area contributed by atoms with Gasteiger partial charge in [-0.2, -0.15) is 0 Å². The third-order valence-electron chi connectivity index (χ3n) is 21.8. The molecule has 31 heteroatoms. The fourth-order valence-corrected chi connectivity index (χ4v) is 14.7. The Morgan fingerprint density at radius 3 is 1.45 bits per heavy atom. The van der Waals surface area contributed by atoms with Crippen LogP contribution < -0.4 is 31.9 Å². The highest BCUT2D eigenvalue weighted by molar-refractivity contribution is 6.00. The van der Waals surface area contributed by atoms with Gasteiger partial charge in [0, 0.05) is 74.6 Å². The van der Waals surface area contributed by atoms with Crippen LogP contribution in [0.2, 0.25) is 0 Å². The van der Waals surface area contributed by atoms with Crippen molar-refractivity contribution in [2.75, 3.05) is 82.1 Å². The van der Waals surface area contributed by atoms with E-state index in [1.54, 1.807) is 74.5 Å². The topological polar surface area (TPSA) is 384 Å². The van der Waals surface area contributed by atoms with Crippen LogP contribution in [0, 0.1) is 23.7 Å². The van der Waals surface area contributed by atoms with E-state index in [9.17, 15) is 77.0 Å². The van der Waals surface area contributed by atoms with E-state index in [0.717, 1.165) is 41.9 Å². The van der Waals surface area contributed by atoms with Crippen molar-refractivity contribution in [3.63, 3.8) is 0 Å². The molecule has 1 heterocycles. The van der Waals surface area contributed by atoms with E-state index < -0.39 is 181 Å². The smallest absolute Gasteiger partial charge is 0.410 e. The fraction of sp³-hybridized carbons (Fsp3) is 0.547. The van der Waals surface area contributed by atoms with E-state index in [1.165, 1.54) is 96.6 Å². The number of nitrogens with one attached hydrogen (secondary N) is 6. The number of carbonyl (C=O) groups excluding carboxylic acids is 14. The number of rotatable bonds is 40. The average molecular weight is 1620 g/mol. The van der Waals surface area contributed by atoms with E-state index in [1.807, 2.05) is 90.1 Å². The van der Waals surface area contributed by atoms with Gasteiger partial charge in [-0.25, -0.2) is 9.59 Å². The van der Waals surface area contributed by atoms with Crippen LogP contribution in [0.1, 0.15) is 143 Å². The first-order chi connectivity index (χ1) is 55.1. The van der Waals surface area contributed by atoms with Crippen LogP contribution in [-0.4, -0.2) is 282 Å². The lowest BCUT2D eigenvalue weighted by molar-refractivity contribution is -0.151. The van der Waals surface area contributed by atoms with Crippen molar-refractivity contribution in [2.45, 2.75) is 200 Å². The summed E-state index contributed by atoms with van der Waals surface area (Å²) in [7, 11) is 9.69. The van der Waals surface area contributed by atoms with Crippen molar-refractivity contribution >= 4 is 88.9 Å². The Hall–Kier alpha value is -11.3. The van der Waals surface area contributed by atoms with Gasteiger partial charge in [-0.1, -0.05) is 165 Å². The Labute approximate surface area is 687 Å². The van der Waals surface area contributed by atoms with Crippen LogP contribution >= 0.6 is 0 Å². The van der Waals surface area contributed by atoms with Crippen molar-refractivity contribution in [3.05, 3.63) is 131 Å². The number of benzene rings is 4. The number of fused-ring (bicyclic) bond motifs is 3. The largest absolute Gasteiger partial charge is 0.480 e. The minimum absolute atomic E-state index is 0.0116. The minimum Gasteiger partial charge on any atom is -0.480 e. The number of ether oxygens (including phenoxy) is 1. The summed E-state index contributed by atoms with van der Waals surface area (Å²) < 4.78 is 5.80. The maximum absolute atomic E-state index is 15.0. The van der Waals surface area contributed by atoms with E-state index in [2.05, 4.69) is 31.9 Å². The number of nitrogens with zero attached hydrogens (tertiary/aromatic N) is 8. The van der Waals surface area contributed by atoms with Crippen LogP contribution in [0.15, 0.2) is 109 Å². The Morgan fingerprint density at radius 2 is 0.932 bits per heavy atom. The molecule has 0 spiro atoms. The van der Waals surface area contributed by atoms with E-state index in [0.29, 0.717) is 17.5 Å². The lowest BCUT2D eigenvalue weighted by Crippen LogP contribution is -2.59. The highest BCUT2D eigenvalue weighted by atomic mass is 16.6. The molecule has 0 unspecified atom stereocenters. The molecule has 6 rings (SSSR count). The highest BCUT2D eigenvalue weighted by Crippen LogP contribution is 2.44. The van der Waals surface area contributed by atoms with Gasteiger partial charge in [-0.05, 0) is 117 Å². The Balaban J connectivity index is 1.06. The zero-order chi connectivity index (χ0) is 87.1. The first-order valence-electron chi connectivity index (χ1n) is 40.1. The standard InChI is InChI=1S/C86H122N14O17/c1-50(2)41-65(92-77(106)57(12)95(15)86(116)117-49-64-62-37-28-26-35-60(62)61-36-27-29-38-63(61)64)81(110)93(13)48-71(101)89-54(9)75(104)91-66(42-51(3)4)82(111)98(18)69(44-58-31-22-20-23-32-58)83(112)94(14)56(11)76(105)87-46-72(102)96(16)70(45-59-33-24-21-25-34-59)84(113)100-40-30-39-67(100)79(108)90-55(10)80(109)97(17)68(43-52(5)6)78(107)88-47-73(103)99(19)74(53(7)8)85(114)115/h20-29,31-38,50-57,64-70,74H,30,39-49H2,1-19H3,(H,87,105)(H,88,107)(H,89,101)(H,90,108)(H,91,104)(H,92,106)(H,114,115)/t54-,55-,56-,57-,65-,66-,67-,68-,69-,70-,74-/m0/s1. The third kappa shape index (κ3) is 25.6. The van der Waals surface area contributed by atoms with Crippen LogP contribution in [0.3, 0.4) is 0 Å². The van der Waals surface area contributed by atoms with Gasteiger partial charge in [0.25, 0.3) is 0 Å². The lowest BCUT2D eigenvalue weighted by Gasteiger charge is -2.35. The van der Waals surface area contributed by atoms with Crippen LogP contribution in [-0.2, 0) is 84.7 Å². The van der Waals surface area contributed by atoms with Gasteiger partial charge in [-0.3, -0.25) is 67.2 Å².